The van der Waals surface area contributed by atoms with E-state index in [2.05, 4.69) is 25.7 Å². The number of rotatable bonds is 6. The molecule has 0 unspecified atom stereocenters. The minimum absolute atomic E-state index is 0.0500. The lowest BCUT2D eigenvalue weighted by atomic mass is 9.88. The van der Waals surface area contributed by atoms with E-state index in [-0.39, 0.29) is 41.5 Å². The van der Waals surface area contributed by atoms with Crippen LogP contribution >= 0.6 is 0 Å². The van der Waals surface area contributed by atoms with Crippen molar-refractivity contribution >= 4 is 15.9 Å². The van der Waals surface area contributed by atoms with Crippen LogP contribution < -0.4 is 4.74 Å². The van der Waals surface area contributed by atoms with E-state index in [4.69, 9.17) is 4.74 Å². The number of benzene rings is 1. The first-order valence-electron chi connectivity index (χ1n) is 13.2. The molecule has 2 aliphatic rings. The van der Waals surface area contributed by atoms with Gasteiger partial charge in [-0.3, -0.25) is 4.79 Å². The number of hydrogen-bond acceptors (Lipinski definition) is 5. The number of sulfonamides is 1. The van der Waals surface area contributed by atoms with Gasteiger partial charge in [0.2, 0.25) is 15.9 Å². The highest BCUT2D eigenvalue weighted by atomic mass is 32.2. The summed E-state index contributed by atoms with van der Waals surface area (Å²) in [4.78, 5) is 15.0. The lowest BCUT2D eigenvalue weighted by Gasteiger charge is -2.38. The molecule has 8 heteroatoms. The van der Waals surface area contributed by atoms with Crippen LogP contribution in [-0.4, -0.2) is 67.5 Å². The number of aliphatic hydroxyl groups is 1. The molecule has 1 aliphatic carbocycles. The van der Waals surface area contributed by atoms with Gasteiger partial charge in [0, 0.05) is 43.5 Å². The van der Waals surface area contributed by atoms with Crippen LogP contribution in [0.1, 0.15) is 71.8 Å². The molecule has 7 nitrogen and oxygen atoms in total. The van der Waals surface area contributed by atoms with E-state index in [1.165, 1.54) is 10.7 Å². The summed E-state index contributed by atoms with van der Waals surface area (Å²) >= 11 is 0. The third-order valence-electron chi connectivity index (χ3n) is 7.19. The molecule has 1 aromatic rings. The van der Waals surface area contributed by atoms with E-state index < -0.39 is 22.2 Å². The molecular weight excluding hydrogens is 476 g/mol. The number of aliphatic hydroxyl groups excluding tert-OH is 1. The largest absolute Gasteiger partial charge is 0.487 e. The SMILES string of the molecule is CC(C)CC#Cc1ccc2c(c1)O[C@H](CN(C)C(=O)C1CCCCC1)[C@@H](C)CN([C@@H](C)CO)S2(=O)=O. The van der Waals surface area contributed by atoms with Crippen LogP contribution in [0, 0.1) is 29.6 Å². The second-order valence-electron chi connectivity index (χ2n) is 10.9. The summed E-state index contributed by atoms with van der Waals surface area (Å²) in [6, 6.07) is 4.35. The van der Waals surface area contributed by atoms with Crippen molar-refractivity contribution in [3.8, 4) is 17.6 Å². The molecule has 1 aromatic carbocycles. The Morgan fingerprint density at radius 2 is 1.92 bits per heavy atom. The molecule has 0 spiro atoms. The number of ether oxygens (including phenoxy) is 1. The van der Waals surface area contributed by atoms with Crippen LogP contribution in [0.5, 0.6) is 5.75 Å². The van der Waals surface area contributed by atoms with E-state index in [0.29, 0.717) is 18.0 Å². The molecular formula is C28H42N2O5S. The first kappa shape index (κ1) is 28.5. The van der Waals surface area contributed by atoms with Gasteiger partial charge in [0.15, 0.2) is 0 Å². The molecule has 1 fully saturated rings. The maximum atomic E-state index is 13.6. The van der Waals surface area contributed by atoms with Gasteiger partial charge in [-0.05, 0) is 43.9 Å². The highest BCUT2D eigenvalue weighted by Gasteiger charge is 2.38. The standard InChI is InChI=1S/C28H42N2O5S/c1-20(2)10-9-11-23-14-15-27-25(16-23)35-26(18-29(5)28(32)24-12-7-6-8-13-24)21(3)17-30(22(4)19-31)36(27,33)34/h14-16,20-22,24,26,31H,6-8,10,12-13,17-19H2,1-5H3/t21-,22-,26+/m0/s1. The topological polar surface area (TPSA) is 87.2 Å². The summed E-state index contributed by atoms with van der Waals surface area (Å²) in [5, 5.41) is 9.82. The Labute approximate surface area is 217 Å². The number of amides is 1. The Hall–Kier alpha value is -2.08. The van der Waals surface area contributed by atoms with Gasteiger partial charge in [-0.1, -0.05) is 51.9 Å². The quantitative estimate of drug-likeness (QED) is 0.578. The lowest BCUT2D eigenvalue weighted by molar-refractivity contribution is -0.136. The molecule has 1 heterocycles. The fourth-order valence-electron chi connectivity index (χ4n) is 4.90. The molecule has 0 bridgehead atoms. The number of carbonyl (C=O) groups excluding carboxylic acids is 1. The summed E-state index contributed by atoms with van der Waals surface area (Å²) < 4.78 is 35.0. The van der Waals surface area contributed by atoms with Crippen molar-refractivity contribution in [3.63, 3.8) is 0 Å². The first-order chi connectivity index (χ1) is 17.0. The van der Waals surface area contributed by atoms with Crippen molar-refractivity contribution in [1.82, 2.24) is 9.21 Å². The van der Waals surface area contributed by atoms with Gasteiger partial charge >= 0.3 is 0 Å². The van der Waals surface area contributed by atoms with Gasteiger partial charge < -0.3 is 14.7 Å². The second-order valence-corrected chi connectivity index (χ2v) is 12.7. The third-order valence-corrected chi connectivity index (χ3v) is 9.21. The monoisotopic (exact) mass is 518 g/mol. The van der Waals surface area contributed by atoms with Crippen molar-refractivity contribution in [2.75, 3.05) is 26.7 Å². The maximum Gasteiger partial charge on any atom is 0.247 e. The number of likely N-dealkylation sites (N-methyl/N-ethyl adjacent to an activating group) is 1. The Morgan fingerprint density at radius 1 is 1.22 bits per heavy atom. The van der Waals surface area contributed by atoms with Gasteiger partial charge in [-0.15, -0.1) is 0 Å². The highest BCUT2D eigenvalue weighted by molar-refractivity contribution is 7.89. The van der Waals surface area contributed by atoms with Gasteiger partial charge in [0.1, 0.15) is 16.7 Å². The summed E-state index contributed by atoms with van der Waals surface area (Å²) in [6.45, 7) is 8.10. The lowest BCUT2D eigenvalue weighted by Crippen LogP contribution is -2.50. The smallest absolute Gasteiger partial charge is 0.247 e. The molecule has 1 saturated carbocycles. The molecule has 1 aliphatic heterocycles. The number of fused-ring (bicyclic) bond motifs is 1. The van der Waals surface area contributed by atoms with Gasteiger partial charge in [-0.25, -0.2) is 8.42 Å². The average molecular weight is 519 g/mol. The van der Waals surface area contributed by atoms with Gasteiger partial charge in [-0.2, -0.15) is 4.31 Å². The van der Waals surface area contributed by atoms with Crippen molar-refractivity contribution in [3.05, 3.63) is 23.8 Å². The van der Waals surface area contributed by atoms with Crippen LogP contribution in [0.3, 0.4) is 0 Å². The van der Waals surface area contributed by atoms with E-state index >= 15 is 0 Å². The fourth-order valence-corrected chi connectivity index (χ4v) is 6.73. The summed E-state index contributed by atoms with van der Waals surface area (Å²) in [5.74, 6) is 6.93. The third kappa shape index (κ3) is 6.81. The van der Waals surface area contributed by atoms with E-state index in [9.17, 15) is 18.3 Å². The average Bonchev–Trinajstić information content (AvgIpc) is 2.85. The van der Waals surface area contributed by atoms with Crippen LogP contribution in [-0.2, 0) is 14.8 Å². The molecule has 3 atom stereocenters. The van der Waals surface area contributed by atoms with E-state index in [0.717, 1.165) is 32.1 Å². The molecule has 1 N–H and O–H groups in total. The first-order valence-corrected chi connectivity index (χ1v) is 14.7. The van der Waals surface area contributed by atoms with Gasteiger partial charge in [0.05, 0.1) is 13.2 Å². The highest BCUT2D eigenvalue weighted by Crippen LogP contribution is 2.34. The van der Waals surface area contributed by atoms with Crippen molar-refractivity contribution in [1.29, 1.82) is 0 Å². The molecule has 1 amide bonds. The zero-order valence-electron chi connectivity index (χ0n) is 22.4. The number of nitrogens with zero attached hydrogens (tertiary/aromatic N) is 2. The van der Waals surface area contributed by atoms with Crippen LogP contribution in [0.4, 0.5) is 0 Å². The predicted molar refractivity (Wildman–Crippen MR) is 141 cm³/mol. The zero-order valence-corrected chi connectivity index (χ0v) is 23.2. The molecule has 0 radical (unpaired) electrons. The molecule has 36 heavy (non-hydrogen) atoms. The Bertz CT molecular complexity index is 1070. The number of hydrogen-bond donors (Lipinski definition) is 1. The predicted octanol–water partition coefficient (Wildman–Crippen LogP) is 3.89. The normalized spacial score (nSPS) is 23.4. The number of carbonyl (C=O) groups is 1. The van der Waals surface area contributed by atoms with Crippen molar-refractivity contribution in [2.45, 2.75) is 83.3 Å². The summed E-state index contributed by atoms with van der Waals surface area (Å²) in [5.41, 5.74) is 0.685. The Balaban J connectivity index is 1.96. The summed E-state index contributed by atoms with van der Waals surface area (Å²) in [6.07, 6.45) is 5.52. The van der Waals surface area contributed by atoms with Crippen LogP contribution in [0.25, 0.3) is 0 Å². The van der Waals surface area contributed by atoms with Gasteiger partial charge in [0.25, 0.3) is 0 Å². The molecule has 200 valence electrons. The Kier molecular flexibility index (Phi) is 9.85. The van der Waals surface area contributed by atoms with Crippen LogP contribution in [0.15, 0.2) is 23.1 Å². The summed E-state index contributed by atoms with van der Waals surface area (Å²) in [7, 11) is -2.09. The molecule has 0 aromatic heterocycles. The van der Waals surface area contributed by atoms with Crippen LogP contribution in [0.2, 0.25) is 0 Å². The van der Waals surface area contributed by atoms with Crippen molar-refractivity contribution in [2.24, 2.45) is 17.8 Å². The zero-order chi connectivity index (χ0) is 26.5. The molecule has 0 saturated heterocycles. The van der Waals surface area contributed by atoms with E-state index in [1.54, 1.807) is 30.0 Å². The fraction of sp³-hybridized carbons (Fsp3) is 0.679. The minimum Gasteiger partial charge on any atom is -0.487 e. The molecule has 3 rings (SSSR count). The minimum atomic E-state index is -3.90. The second kappa shape index (κ2) is 12.4. The van der Waals surface area contributed by atoms with E-state index in [1.807, 2.05) is 14.0 Å². The van der Waals surface area contributed by atoms with Crippen molar-refractivity contribution < 1.29 is 23.1 Å². The maximum absolute atomic E-state index is 13.6. The Morgan fingerprint density at radius 3 is 2.56 bits per heavy atom.